The van der Waals surface area contributed by atoms with Gasteiger partial charge in [-0.05, 0) is 41.5 Å². The number of benzene rings is 3. The van der Waals surface area contributed by atoms with Gasteiger partial charge in [0.15, 0.2) is 0 Å². The van der Waals surface area contributed by atoms with Crippen molar-refractivity contribution in [3.63, 3.8) is 0 Å². The molecule has 168 valence electrons. The number of rotatable bonds is 6. The third kappa shape index (κ3) is 4.33. The third-order valence-electron chi connectivity index (χ3n) is 5.49. The van der Waals surface area contributed by atoms with Crippen LogP contribution in [0.25, 0.3) is 11.3 Å². The minimum atomic E-state index is -0.465. The Morgan fingerprint density at radius 2 is 1.85 bits per heavy atom. The van der Waals surface area contributed by atoms with Gasteiger partial charge < -0.3 is 15.2 Å². The zero-order valence-electron chi connectivity index (χ0n) is 17.7. The van der Waals surface area contributed by atoms with Crippen molar-refractivity contribution in [2.75, 3.05) is 10.6 Å². The van der Waals surface area contributed by atoms with Crippen molar-refractivity contribution < 1.29 is 9.72 Å². The molecular weight excluding hydrogens is 498 g/mol. The highest BCUT2D eigenvalue weighted by molar-refractivity contribution is 9.10. The molecule has 0 saturated carbocycles. The largest absolute Gasteiger partial charge is 0.354 e. The lowest BCUT2D eigenvalue weighted by Gasteiger charge is -2.15. The van der Waals surface area contributed by atoms with Crippen LogP contribution in [0.5, 0.6) is 0 Å². The van der Waals surface area contributed by atoms with Gasteiger partial charge in [0.05, 0.1) is 22.5 Å². The summed E-state index contributed by atoms with van der Waals surface area (Å²) in [6.07, 6.45) is 5.38. The molecule has 2 heterocycles. The van der Waals surface area contributed by atoms with Crippen LogP contribution in [0.1, 0.15) is 16.7 Å². The number of amides is 1. The number of carbonyl (C=O) groups is 1. The molecule has 4 aromatic rings. The molecule has 1 aliphatic rings. The van der Waals surface area contributed by atoms with E-state index in [0.29, 0.717) is 29.1 Å². The number of hydrogen-bond acceptors (Lipinski definition) is 5. The summed E-state index contributed by atoms with van der Waals surface area (Å²) in [5, 5.41) is 17.6. The molecule has 34 heavy (non-hydrogen) atoms. The Morgan fingerprint density at radius 3 is 2.53 bits per heavy atom. The quantitative estimate of drug-likeness (QED) is 0.199. The molecule has 0 aliphatic carbocycles. The first-order valence-electron chi connectivity index (χ1n) is 10.4. The maximum absolute atomic E-state index is 13.1. The van der Waals surface area contributed by atoms with Crippen LogP contribution in [0.2, 0.25) is 0 Å². The standard InChI is InChI=1S/C25H18BrN5O3/c26-18-5-7-19(8-6-18)28-24(17-3-1-16(2-4-17)14-30-12-11-27-15-30)23-21-13-20(31(33)34)9-10-22(21)29-25(23)32/h1-13,15,28H,14H2,(H,29,32)/b24-23-. The molecule has 8 nitrogen and oxygen atoms in total. The first kappa shape index (κ1) is 21.6. The zero-order valence-corrected chi connectivity index (χ0v) is 19.3. The molecule has 0 bridgehead atoms. The van der Waals surface area contributed by atoms with Gasteiger partial charge in [-0.25, -0.2) is 4.98 Å². The number of aromatic nitrogens is 2. The van der Waals surface area contributed by atoms with E-state index in [4.69, 9.17) is 0 Å². The van der Waals surface area contributed by atoms with Crippen molar-refractivity contribution in [3.05, 3.63) is 117 Å². The predicted octanol–water partition coefficient (Wildman–Crippen LogP) is 5.53. The van der Waals surface area contributed by atoms with Crippen molar-refractivity contribution in [2.24, 2.45) is 0 Å². The van der Waals surface area contributed by atoms with Crippen LogP contribution in [0.3, 0.4) is 0 Å². The Labute approximate surface area is 203 Å². The van der Waals surface area contributed by atoms with E-state index in [1.165, 1.54) is 12.1 Å². The van der Waals surface area contributed by atoms with Crippen molar-refractivity contribution in [1.82, 2.24) is 9.55 Å². The highest BCUT2D eigenvalue weighted by Crippen LogP contribution is 2.39. The molecule has 2 N–H and O–H groups in total. The fourth-order valence-electron chi connectivity index (χ4n) is 3.84. The summed E-state index contributed by atoms with van der Waals surface area (Å²) in [7, 11) is 0. The molecule has 0 saturated heterocycles. The lowest BCUT2D eigenvalue weighted by Crippen LogP contribution is -2.10. The van der Waals surface area contributed by atoms with Gasteiger partial charge >= 0.3 is 0 Å². The summed E-state index contributed by atoms with van der Waals surface area (Å²) in [4.78, 5) is 28.0. The Balaban J connectivity index is 1.61. The molecule has 5 rings (SSSR count). The van der Waals surface area contributed by atoms with Crippen LogP contribution in [-0.4, -0.2) is 20.4 Å². The number of fused-ring (bicyclic) bond motifs is 1. The molecule has 0 radical (unpaired) electrons. The Kier molecular flexibility index (Phi) is 5.69. The molecule has 1 aliphatic heterocycles. The van der Waals surface area contributed by atoms with Crippen molar-refractivity contribution in [3.8, 4) is 0 Å². The Morgan fingerprint density at radius 1 is 1.09 bits per heavy atom. The zero-order chi connectivity index (χ0) is 23.7. The van der Waals surface area contributed by atoms with Gasteiger partial charge in [-0.15, -0.1) is 0 Å². The van der Waals surface area contributed by atoms with Crippen molar-refractivity contribution in [1.29, 1.82) is 0 Å². The molecule has 0 fully saturated rings. The van der Waals surface area contributed by atoms with Crippen molar-refractivity contribution >= 4 is 50.2 Å². The fourth-order valence-corrected chi connectivity index (χ4v) is 4.11. The number of nitrogens with zero attached hydrogens (tertiary/aromatic N) is 3. The molecule has 0 unspecified atom stereocenters. The molecule has 1 amide bonds. The second-order valence-corrected chi connectivity index (χ2v) is 8.67. The highest BCUT2D eigenvalue weighted by Gasteiger charge is 2.30. The maximum atomic E-state index is 13.1. The van der Waals surface area contributed by atoms with Gasteiger partial charge in [-0.3, -0.25) is 14.9 Å². The summed E-state index contributed by atoms with van der Waals surface area (Å²) >= 11 is 3.43. The molecule has 0 spiro atoms. The van der Waals surface area contributed by atoms with Gasteiger partial charge in [0, 0.05) is 52.5 Å². The smallest absolute Gasteiger partial charge is 0.270 e. The molecule has 1 aromatic heterocycles. The highest BCUT2D eigenvalue weighted by atomic mass is 79.9. The number of nitro groups is 1. The number of nitrogens with one attached hydrogen (secondary N) is 2. The van der Waals surface area contributed by atoms with E-state index >= 15 is 0 Å². The van der Waals surface area contributed by atoms with Gasteiger partial charge in [0.1, 0.15) is 0 Å². The minimum Gasteiger partial charge on any atom is -0.354 e. The van der Waals surface area contributed by atoms with E-state index < -0.39 is 4.92 Å². The SMILES string of the molecule is O=C1Nc2ccc([N+](=O)[O-])cc2/C1=C(/Nc1ccc(Br)cc1)c1ccc(Cn2ccnc2)cc1. The van der Waals surface area contributed by atoms with E-state index in [0.717, 1.165) is 21.3 Å². The van der Waals surface area contributed by atoms with Gasteiger partial charge in [-0.2, -0.15) is 0 Å². The normalized spacial score (nSPS) is 13.9. The van der Waals surface area contributed by atoms with Crippen LogP contribution < -0.4 is 10.6 Å². The van der Waals surface area contributed by atoms with Gasteiger partial charge in [-0.1, -0.05) is 40.2 Å². The topological polar surface area (TPSA) is 102 Å². The van der Waals surface area contributed by atoms with E-state index in [-0.39, 0.29) is 11.6 Å². The van der Waals surface area contributed by atoms with E-state index in [1.807, 2.05) is 59.3 Å². The number of carbonyl (C=O) groups excluding carboxylic acids is 1. The third-order valence-corrected chi connectivity index (χ3v) is 6.02. The number of halogens is 1. The number of nitro benzene ring substituents is 1. The van der Waals surface area contributed by atoms with E-state index in [1.54, 1.807) is 18.6 Å². The summed E-state index contributed by atoms with van der Waals surface area (Å²) < 4.78 is 2.89. The minimum absolute atomic E-state index is 0.0774. The van der Waals surface area contributed by atoms with Crippen LogP contribution in [-0.2, 0) is 11.3 Å². The maximum Gasteiger partial charge on any atom is 0.270 e. The average Bonchev–Trinajstić information content (AvgIpc) is 3.46. The predicted molar refractivity (Wildman–Crippen MR) is 134 cm³/mol. The summed E-state index contributed by atoms with van der Waals surface area (Å²) in [5.74, 6) is -0.322. The Bertz CT molecular complexity index is 1410. The van der Waals surface area contributed by atoms with Crippen molar-refractivity contribution in [2.45, 2.75) is 6.54 Å². The average molecular weight is 516 g/mol. The molecule has 9 heteroatoms. The molecule has 0 atom stereocenters. The monoisotopic (exact) mass is 515 g/mol. The number of hydrogen-bond donors (Lipinski definition) is 2. The van der Waals surface area contributed by atoms with Crippen LogP contribution in [0.15, 0.2) is 89.9 Å². The van der Waals surface area contributed by atoms with Gasteiger partial charge in [0.2, 0.25) is 0 Å². The first-order valence-corrected chi connectivity index (χ1v) is 11.2. The second kappa shape index (κ2) is 8.95. The van der Waals surface area contributed by atoms with Crippen LogP contribution in [0, 0.1) is 10.1 Å². The Hall–Kier alpha value is -4.24. The lowest BCUT2D eigenvalue weighted by molar-refractivity contribution is -0.384. The van der Waals surface area contributed by atoms with Crippen LogP contribution in [0.4, 0.5) is 17.1 Å². The summed E-state index contributed by atoms with van der Waals surface area (Å²) in [6, 6.07) is 19.8. The van der Waals surface area contributed by atoms with E-state index in [2.05, 4.69) is 31.5 Å². The lowest BCUT2D eigenvalue weighted by atomic mass is 9.98. The fraction of sp³-hybridized carbons (Fsp3) is 0.0400. The second-order valence-electron chi connectivity index (χ2n) is 7.75. The van der Waals surface area contributed by atoms with Crippen LogP contribution >= 0.6 is 15.9 Å². The summed E-state index contributed by atoms with van der Waals surface area (Å²) in [5.41, 5.74) is 4.49. The molecule has 3 aromatic carbocycles. The summed E-state index contributed by atoms with van der Waals surface area (Å²) in [6.45, 7) is 0.668. The number of anilines is 2. The molecular formula is C25H18BrN5O3. The first-order chi connectivity index (χ1) is 16.5. The number of non-ortho nitro benzene ring substituents is 1. The number of imidazole rings is 1. The van der Waals surface area contributed by atoms with Gasteiger partial charge in [0.25, 0.3) is 11.6 Å². The van der Waals surface area contributed by atoms with E-state index in [9.17, 15) is 14.9 Å².